The van der Waals surface area contributed by atoms with Crippen molar-refractivity contribution in [3.05, 3.63) is 40.2 Å². The molecule has 6 heteroatoms. The molecule has 0 spiro atoms. The molecular formula is C14H16ClN3O2. The largest absolute Gasteiger partial charge is 0.458 e. The van der Waals surface area contributed by atoms with Gasteiger partial charge in [0.2, 0.25) is 0 Å². The maximum absolute atomic E-state index is 11.9. The highest BCUT2D eigenvalue weighted by Crippen LogP contribution is 2.23. The van der Waals surface area contributed by atoms with Gasteiger partial charge in [-0.25, -0.2) is 9.48 Å². The number of halogens is 1. The minimum Gasteiger partial charge on any atom is -0.458 e. The van der Waals surface area contributed by atoms with E-state index in [1.165, 1.54) is 0 Å². The third-order valence-corrected chi connectivity index (χ3v) is 3.31. The molecule has 0 bridgehead atoms. The van der Waals surface area contributed by atoms with E-state index >= 15 is 0 Å². The summed E-state index contributed by atoms with van der Waals surface area (Å²) in [4.78, 5) is 11.9. The van der Waals surface area contributed by atoms with E-state index in [1.54, 1.807) is 31.5 Å². The number of benzene rings is 1. The van der Waals surface area contributed by atoms with Gasteiger partial charge in [-0.3, -0.25) is 0 Å². The summed E-state index contributed by atoms with van der Waals surface area (Å²) >= 11 is 6.10. The Balaban J connectivity index is 2.43. The van der Waals surface area contributed by atoms with Crippen molar-refractivity contribution in [1.82, 2.24) is 15.0 Å². The van der Waals surface area contributed by atoms with Crippen LogP contribution in [0.25, 0.3) is 5.69 Å². The summed E-state index contributed by atoms with van der Waals surface area (Å²) in [5.74, 6) is -0.469. The van der Waals surface area contributed by atoms with Gasteiger partial charge < -0.3 is 4.74 Å². The molecule has 0 amide bonds. The Kier molecular flexibility index (Phi) is 4.09. The predicted octanol–water partition coefficient (Wildman–Crippen LogP) is 3.10. The monoisotopic (exact) mass is 293 g/mol. The molecule has 20 heavy (non-hydrogen) atoms. The lowest BCUT2D eigenvalue weighted by molar-refractivity contribution is 0.0370. The Morgan fingerprint density at radius 1 is 1.35 bits per heavy atom. The molecule has 0 aliphatic heterocycles. The minimum atomic E-state index is -0.469. The fourth-order valence-electron chi connectivity index (χ4n) is 1.84. The third kappa shape index (κ3) is 2.67. The molecule has 0 radical (unpaired) electrons. The molecule has 5 nitrogen and oxygen atoms in total. The van der Waals surface area contributed by atoms with E-state index in [-0.39, 0.29) is 11.8 Å². The minimum absolute atomic E-state index is 0.194. The van der Waals surface area contributed by atoms with Crippen molar-refractivity contribution < 1.29 is 9.53 Å². The van der Waals surface area contributed by atoms with Crippen LogP contribution >= 0.6 is 11.6 Å². The van der Waals surface area contributed by atoms with Crippen LogP contribution in [0.1, 0.15) is 35.6 Å². The topological polar surface area (TPSA) is 57.0 Å². The van der Waals surface area contributed by atoms with Gasteiger partial charge in [0.05, 0.1) is 17.5 Å². The number of carbonyl (C=O) groups is 1. The van der Waals surface area contributed by atoms with E-state index in [1.807, 2.05) is 19.1 Å². The van der Waals surface area contributed by atoms with Gasteiger partial charge >= 0.3 is 5.97 Å². The van der Waals surface area contributed by atoms with Crippen LogP contribution in [0, 0.1) is 13.8 Å². The van der Waals surface area contributed by atoms with Gasteiger partial charge in [-0.1, -0.05) is 22.9 Å². The van der Waals surface area contributed by atoms with Gasteiger partial charge in [0.1, 0.15) is 0 Å². The molecule has 106 valence electrons. The average Bonchev–Trinajstić information content (AvgIpc) is 2.74. The molecule has 1 aromatic carbocycles. The molecule has 0 fully saturated rings. The van der Waals surface area contributed by atoms with Crippen molar-refractivity contribution in [2.75, 3.05) is 0 Å². The van der Waals surface area contributed by atoms with Gasteiger partial charge in [0, 0.05) is 5.02 Å². The zero-order valence-corrected chi connectivity index (χ0v) is 12.6. The van der Waals surface area contributed by atoms with Crippen molar-refractivity contribution in [2.45, 2.75) is 33.8 Å². The number of carbonyl (C=O) groups excluding carboxylic acids is 1. The zero-order valence-electron chi connectivity index (χ0n) is 11.8. The van der Waals surface area contributed by atoms with Crippen molar-refractivity contribution >= 4 is 17.6 Å². The highest BCUT2D eigenvalue weighted by atomic mass is 35.5. The fraction of sp³-hybridized carbons (Fsp3) is 0.357. The number of aromatic nitrogens is 3. The second kappa shape index (κ2) is 5.63. The summed E-state index contributed by atoms with van der Waals surface area (Å²) in [5, 5.41) is 8.58. The number of hydrogen-bond acceptors (Lipinski definition) is 4. The van der Waals surface area contributed by atoms with E-state index in [9.17, 15) is 4.79 Å². The van der Waals surface area contributed by atoms with Gasteiger partial charge in [0.25, 0.3) is 0 Å². The molecule has 2 rings (SSSR count). The van der Waals surface area contributed by atoms with Crippen molar-refractivity contribution in [3.8, 4) is 5.69 Å². The van der Waals surface area contributed by atoms with Gasteiger partial charge in [0.15, 0.2) is 5.69 Å². The van der Waals surface area contributed by atoms with Crippen molar-refractivity contribution in [1.29, 1.82) is 0 Å². The Bertz CT molecular complexity index is 650. The van der Waals surface area contributed by atoms with Crippen LogP contribution in [-0.4, -0.2) is 27.1 Å². The highest BCUT2D eigenvalue weighted by molar-refractivity contribution is 6.31. The maximum Gasteiger partial charge on any atom is 0.361 e. The molecule has 0 saturated heterocycles. The lowest BCUT2D eigenvalue weighted by atomic mass is 10.2. The van der Waals surface area contributed by atoms with Crippen LogP contribution in [0.2, 0.25) is 5.02 Å². The summed E-state index contributed by atoms with van der Waals surface area (Å²) < 4.78 is 6.73. The Morgan fingerprint density at radius 2 is 2.05 bits per heavy atom. The predicted molar refractivity (Wildman–Crippen MR) is 76.4 cm³/mol. The number of esters is 1. The van der Waals surface area contributed by atoms with Gasteiger partial charge in [-0.05, 0) is 45.4 Å². The van der Waals surface area contributed by atoms with Crippen molar-refractivity contribution in [3.63, 3.8) is 0 Å². The average molecular weight is 294 g/mol. The zero-order chi connectivity index (χ0) is 14.9. The molecule has 0 atom stereocenters. The molecule has 0 unspecified atom stereocenters. The molecule has 0 aliphatic carbocycles. The summed E-state index contributed by atoms with van der Waals surface area (Å²) in [5.41, 5.74) is 2.52. The normalized spacial score (nSPS) is 10.9. The van der Waals surface area contributed by atoms with Gasteiger partial charge in [-0.2, -0.15) is 0 Å². The first kappa shape index (κ1) is 14.5. The molecule has 0 N–H and O–H groups in total. The van der Waals surface area contributed by atoms with Crippen LogP contribution in [0.5, 0.6) is 0 Å². The van der Waals surface area contributed by atoms with Crippen LogP contribution in [0.15, 0.2) is 18.2 Å². The van der Waals surface area contributed by atoms with E-state index in [2.05, 4.69) is 10.3 Å². The first-order valence-electron chi connectivity index (χ1n) is 6.30. The quantitative estimate of drug-likeness (QED) is 0.816. The molecule has 1 heterocycles. The van der Waals surface area contributed by atoms with E-state index in [0.717, 1.165) is 11.3 Å². The molecule has 0 saturated carbocycles. The third-order valence-electron chi connectivity index (χ3n) is 2.90. The number of rotatable bonds is 3. The van der Waals surface area contributed by atoms with Gasteiger partial charge in [-0.15, -0.1) is 5.10 Å². The van der Waals surface area contributed by atoms with Crippen LogP contribution < -0.4 is 0 Å². The molecule has 2 aromatic rings. The maximum atomic E-state index is 11.9. The summed E-state index contributed by atoms with van der Waals surface area (Å²) in [6.45, 7) is 7.25. The summed E-state index contributed by atoms with van der Waals surface area (Å²) in [6.07, 6.45) is -0.194. The number of nitrogens with zero attached hydrogens (tertiary/aromatic N) is 3. The Labute approximate surface area is 122 Å². The van der Waals surface area contributed by atoms with Crippen molar-refractivity contribution in [2.24, 2.45) is 0 Å². The lowest BCUT2D eigenvalue weighted by Crippen LogP contribution is -2.13. The van der Waals surface area contributed by atoms with Crippen LogP contribution in [0.3, 0.4) is 0 Å². The van der Waals surface area contributed by atoms with E-state index in [4.69, 9.17) is 16.3 Å². The number of hydrogen-bond donors (Lipinski definition) is 0. The summed E-state index contributed by atoms with van der Waals surface area (Å²) in [7, 11) is 0. The molecule has 1 aromatic heterocycles. The smallest absolute Gasteiger partial charge is 0.361 e. The Morgan fingerprint density at radius 3 is 2.70 bits per heavy atom. The van der Waals surface area contributed by atoms with Crippen LogP contribution in [0.4, 0.5) is 0 Å². The molecular weight excluding hydrogens is 278 g/mol. The lowest BCUT2D eigenvalue weighted by Gasteiger charge is -2.09. The fourth-order valence-corrected chi connectivity index (χ4v) is 2.01. The first-order chi connectivity index (χ1) is 9.41. The Hall–Kier alpha value is -1.88. The summed E-state index contributed by atoms with van der Waals surface area (Å²) in [6, 6.07) is 5.51. The number of ether oxygens (including phenoxy) is 1. The molecule has 0 aliphatic rings. The first-order valence-corrected chi connectivity index (χ1v) is 6.68. The highest BCUT2D eigenvalue weighted by Gasteiger charge is 2.20. The standard InChI is InChI=1S/C14H16ClN3O2/c1-8(2)20-14(19)13-10(4)18(17-16-13)12-7-5-6-11(15)9(12)3/h5-8H,1-4H3. The van der Waals surface area contributed by atoms with E-state index in [0.29, 0.717) is 10.7 Å². The SMILES string of the molecule is Cc1c(Cl)cccc1-n1nnc(C(=O)OC(C)C)c1C. The second-order valence-corrected chi connectivity index (χ2v) is 5.18. The second-order valence-electron chi connectivity index (χ2n) is 4.77. The van der Waals surface area contributed by atoms with Crippen LogP contribution in [-0.2, 0) is 4.74 Å². The van der Waals surface area contributed by atoms with E-state index < -0.39 is 5.97 Å².